The van der Waals surface area contributed by atoms with Crippen molar-refractivity contribution in [2.75, 3.05) is 0 Å². The third kappa shape index (κ3) is 1.99. The molecule has 19 heavy (non-hydrogen) atoms. The van der Waals surface area contributed by atoms with Crippen LogP contribution in [-0.4, -0.2) is 11.8 Å². The van der Waals surface area contributed by atoms with Crippen LogP contribution in [0.3, 0.4) is 0 Å². The Morgan fingerprint density at radius 1 is 1.21 bits per heavy atom. The molecule has 1 saturated carbocycles. The van der Waals surface area contributed by atoms with Crippen molar-refractivity contribution in [3.05, 3.63) is 41.5 Å². The fourth-order valence-electron chi connectivity index (χ4n) is 2.85. The molecule has 3 rings (SSSR count). The number of fused-ring (bicyclic) bond motifs is 2. The van der Waals surface area contributed by atoms with Gasteiger partial charge in [0.15, 0.2) is 0 Å². The summed E-state index contributed by atoms with van der Waals surface area (Å²) in [7, 11) is 0. The second-order valence-corrected chi connectivity index (χ2v) is 5.43. The van der Waals surface area contributed by atoms with Gasteiger partial charge in [-0.15, -0.1) is 0 Å². The predicted molar refractivity (Wildman–Crippen MR) is 70.8 cm³/mol. The summed E-state index contributed by atoms with van der Waals surface area (Å²) in [6.45, 7) is 4.00. The molecule has 0 heterocycles. The number of hydrogen-bond acceptors (Lipinski definition) is 3. The molecular weight excluding hydrogens is 240 g/mol. The van der Waals surface area contributed by atoms with E-state index in [1.165, 1.54) is 0 Å². The number of rotatable bonds is 2. The minimum atomic E-state index is -0.302. The van der Waals surface area contributed by atoms with E-state index >= 15 is 0 Å². The van der Waals surface area contributed by atoms with E-state index in [1.54, 1.807) is 6.07 Å². The van der Waals surface area contributed by atoms with Crippen molar-refractivity contribution in [3.63, 3.8) is 0 Å². The lowest BCUT2D eigenvalue weighted by Gasteiger charge is -2.15. The Labute approximate surface area is 112 Å². The second-order valence-electron chi connectivity index (χ2n) is 5.43. The van der Waals surface area contributed by atoms with E-state index in [0.29, 0.717) is 12.2 Å². The van der Waals surface area contributed by atoms with Crippen LogP contribution in [0.25, 0.3) is 0 Å². The van der Waals surface area contributed by atoms with E-state index in [-0.39, 0.29) is 29.5 Å². The number of hydrogen-bond donors (Lipinski definition) is 0. The Morgan fingerprint density at radius 3 is 2.58 bits per heavy atom. The highest BCUT2D eigenvalue weighted by Crippen LogP contribution is 2.41. The van der Waals surface area contributed by atoms with Crippen LogP contribution in [0.15, 0.2) is 30.4 Å². The molecule has 2 aliphatic carbocycles. The van der Waals surface area contributed by atoms with Gasteiger partial charge in [-0.1, -0.05) is 18.2 Å². The number of carbonyl (C=O) groups excluding carboxylic acids is 2. The number of benzene rings is 1. The molecule has 0 aliphatic heterocycles. The number of aryl methyl sites for hydroxylation is 2. The van der Waals surface area contributed by atoms with Crippen LogP contribution in [0.2, 0.25) is 0 Å². The van der Waals surface area contributed by atoms with Crippen LogP contribution in [0.5, 0.6) is 5.75 Å². The fourth-order valence-corrected chi connectivity index (χ4v) is 2.85. The predicted octanol–water partition coefficient (Wildman–Crippen LogP) is 2.60. The topological polar surface area (TPSA) is 43.4 Å². The van der Waals surface area contributed by atoms with Crippen LogP contribution in [0.1, 0.15) is 17.5 Å². The first-order valence-electron chi connectivity index (χ1n) is 6.57. The van der Waals surface area contributed by atoms with Crippen molar-refractivity contribution >= 4 is 11.8 Å². The van der Waals surface area contributed by atoms with Gasteiger partial charge in [0.1, 0.15) is 11.5 Å². The van der Waals surface area contributed by atoms with Crippen LogP contribution < -0.4 is 4.74 Å². The van der Waals surface area contributed by atoms with Gasteiger partial charge in [0.25, 0.3) is 0 Å². The fraction of sp³-hybridized carbons (Fsp3) is 0.375. The van der Waals surface area contributed by atoms with Gasteiger partial charge in [-0.05, 0) is 43.5 Å². The smallest absolute Gasteiger partial charge is 0.315 e. The third-order valence-electron chi connectivity index (χ3n) is 4.19. The van der Waals surface area contributed by atoms with Crippen LogP contribution in [-0.2, 0) is 9.59 Å². The lowest BCUT2D eigenvalue weighted by atomic mass is 9.94. The zero-order chi connectivity index (χ0) is 13.6. The van der Waals surface area contributed by atoms with Crippen molar-refractivity contribution < 1.29 is 14.3 Å². The number of allylic oxidation sites excluding steroid dienone is 2. The lowest BCUT2D eigenvalue weighted by Crippen LogP contribution is -2.25. The van der Waals surface area contributed by atoms with Crippen molar-refractivity contribution in [2.45, 2.75) is 20.3 Å². The average Bonchev–Trinajstić information content (AvgIpc) is 2.90. The zero-order valence-corrected chi connectivity index (χ0v) is 11.1. The number of carbonyl (C=O) groups is 2. The first-order valence-corrected chi connectivity index (χ1v) is 6.57. The van der Waals surface area contributed by atoms with Crippen molar-refractivity contribution in [3.8, 4) is 5.75 Å². The largest absolute Gasteiger partial charge is 0.426 e. The van der Waals surface area contributed by atoms with Gasteiger partial charge in [0, 0.05) is 11.8 Å². The van der Waals surface area contributed by atoms with Crippen LogP contribution in [0.4, 0.5) is 0 Å². The molecule has 2 bridgehead atoms. The standard InChI is InChI=1S/C16H16O3/c1-9-3-5-12(7-10(9)2)19-16(18)14-8-11-4-6-13(14)15(11)17/h3-7,11,13-14H,8H2,1-2H3. The van der Waals surface area contributed by atoms with E-state index in [1.807, 2.05) is 38.1 Å². The van der Waals surface area contributed by atoms with Crippen LogP contribution >= 0.6 is 0 Å². The van der Waals surface area contributed by atoms with Crippen molar-refractivity contribution in [2.24, 2.45) is 17.8 Å². The number of Topliss-reactive ketones (excluding diaryl/α,β-unsaturated/α-hetero) is 1. The van der Waals surface area contributed by atoms with E-state index in [2.05, 4.69) is 0 Å². The van der Waals surface area contributed by atoms with Crippen LogP contribution in [0, 0.1) is 31.6 Å². The SMILES string of the molecule is Cc1ccc(OC(=O)C2CC3C=CC2C3=O)cc1C. The summed E-state index contributed by atoms with van der Waals surface area (Å²) in [6.07, 6.45) is 4.36. The highest BCUT2D eigenvalue weighted by Gasteiger charge is 2.47. The van der Waals surface area contributed by atoms with Crippen molar-refractivity contribution in [1.29, 1.82) is 0 Å². The summed E-state index contributed by atoms with van der Waals surface area (Å²) < 4.78 is 5.41. The molecular formula is C16H16O3. The Bertz CT molecular complexity index is 586. The molecule has 0 N–H and O–H groups in total. The second kappa shape index (κ2) is 4.34. The summed E-state index contributed by atoms with van der Waals surface area (Å²) in [5, 5.41) is 0. The molecule has 1 aromatic rings. The maximum atomic E-state index is 12.1. The van der Waals surface area contributed by atoms with E-state index in [0.717, 1.165) is 11.1 Å². The van der Waals surface area contributed by atoms with Gasteiger partial charge in [0.2, 0.25) is 0 Å². The molecule has 2 aliphatic rings. The van der Waals surface area contributed by atoms with E-state index in [4.69, 9.17) is 4.74 Å². The molecule has 0 radical (unpaired) electrons. The van der Waals surface area contributed by atoms with Gasteiger partial charge in [-0.3, -0.25) is 9.59 Å². The first kappa shape index (κ1) is 12.2. The number of ketones is 1. The molecule has 1 aromatic carbocycles. The van der Waals surface area contributed by atoms with E-state index in [9.17, 15) is 9.59 Å². The maximum absolute atomic E-state index is 12.1. The van der Waals surface area contributed by atoms with Gasteiger partial charge in [0.05, 0.1) is 5.92 Å². The number of esters is 1. The summed E-state index contributed by atoms with van der Waals surface area (Å²) in [5.74, 6) is -0.182. The van der Waals surface area contributed by atoms with Gasteiger partial charge in [-0.2, -0.15) is 0 Å². The summed E-state index contributed by atoms with van der Waals surface area (Å²) in [6, 6.07) is 5.59. The summed E-state index contributed by atoms with van der Waals surface area (Å²) in [5.41, 5.74) is 2.26. The minimum absolute atomic E-state index is 0.0673. The first-order chi connectivity index (χ1) is 9.06. The molecule has 1 fully saturated rings. The molecule has 0 amide bonds. The van der Waals surface area contributed by atoms with Crippen molar-refractivity contribution in [1.82, 2.24) is 0 Å². The number of ether oxygens (including phenoxy) is 1. The molecule has 3 nitrogen and oxygen atoms in total. The maximum Gasteiger partial charge on any atom is 0.315 e. The normalized spacial score (nSPS) is 27.9. The average molecular weight is 256 g/mol. The van der Waals surface area contributed by atoms with Gasteiger partial charge < -0.3 is 4.74 Å². The zero-order valence-electron chi connectivity index (χ0n) is 11.1. The minimum Gasteiger partial charge on any atom is -0.426 e. The highest BCUT2D eigenvalue weighted by molar-refractivity contribution is 5.97. The van der Waals surface area contributed by atoms with E-state index < -0.39 is 0 Å². The Kier molecular flexibility index (Phi) is 2.77. The van der Waals surface area contributed by atoms with Gasteiger partial charge >= 0.3 is 5.97 Å². The Balaban J connectivity index is 1.74. The molecule has 3 unspecified atom stereocenters. The summed E-state index contributed by atoms with van der Waals surface area (Å²) in [4.78, 5) is 23.9. The summed E-state index contributed by atoms with van der Waals surface area (Å²) >= 11 is 0. The molecule has 0 spiro atoms. The molecule has 0 aromatic heterocycles. The Morgan fingerprint density at radius 2 is 2.00 bits per heavy atom. The molecule has 0 saturated heterocycles. The quantitative estimate of drug-likeness (QED) is 0.464. The molecule has 3 heteroatoms. The monoisotopic (exact) mass is 256 g/mol. The van der Waals surface area contributed by atoms with Gasteiger partial charge in [-0.25, -0.2) is 0 Å². The molecule has 3 atom stereocenters. The third-order valence-corrected chi connectivity index (χ3v) is 4.19. The lowest BCUT2D eigenvalue weighted by molar-refractivity contribution is -0.140. The Hall–Kier alpha value is -1.90. The molecule has 98 valence electrons. The highest BCUT2D eigenvalue weighted by atomic mass is 16.5.